The molecule has 8 heteroatoms. The van der Waals surface area contributed by atoms with Gasteiger partial charge in [-0.3, -0.25) is 4.79 Å². The molecule has 2 aromatic carbocycles. The predicted octanol–water partition coefficient (Wildman–Crippen LogP) is 2.32. The molecule has 0 unspecified atom stereocenters. The Morgan fingerprint density at radius 1 is 1.19 bits per heavy atom. The first-order valence-electron chi connectivity index (χ1n) is 8.38. The Hall–Kier alpha value is -3.19. The summed E-state index contributed by atoms with van der Waals surface area (Å²) in [4.78, 5) is 29.2. The zero-order valence-corrected chi connectivity index (χ0v) is 15.3. The van der Waals surface area contributed by atoms with Gasteiger partial charge in [0.1, 0.15) is 12.9 Å². The van der Waals surface area contributed by atoms with Gasteiger partial charge in [0, 0.05) is 17.0 Å². The smallest absolute Gasteiger partial charge is 0.350 e. The number of carbonyl (C=O) groups is 1. The maximum absolute atomic E-state index is 12.5. The number of hydrogen-bond acceptors (Lipinski definition) is 4. The van der Waals surface area contributed by atoms with E-state index >= 15 is 0 Å². The van der Waals surface area contributed by atoms with Crippen LogP contribution in [0.2, 0.25) is 5.02 Å². The number of fused-ring (bicyclic) bond motifs is 3. The van der Waals surface area contributed by atoms with E-state index in [0.29, 0.717) is 10.7 Å². The minimum Gasteiger partial charge on any atom is -0.350 e. The predicted molar refractivity (Wildman–Crippen MR) is 103 cm³/mol. The maximum Gasteiger partial charge on any atom is 0.352 e. The fourth-order valence-corrected chi connectivity index (χ4v) is 3.17. The molecule has 27 heavy (non-hydrogen) atoms. The lowest BCUT2D eigenvalue weighted by Crippen LogP contribution is -2.32. The van der Waals surface area contributed by atoms with Crippen molar-refractivity contribution in [2.24, 2.45) is 0 Å². The van der Waals surface area contributed by atoms with Crippen molar-refractivity contribution in [3.63, 3.8) is 0 Å². The van der Waals surface area contributed by atoms with Gasteiger partial charge in [0.05, 0.1) is 5.52 Å². The second-order valence-corrected chi connectivity index (χ2v) is 6.62. The third-order valence-electron chi connectivity index (χ3n) is 4.38. The second kappa shape index (κ2) is 6.85. The van der Waals surface area contributed by atoms with Crippen LogP contribution in [0.25, 0.3) is 16.6 Å². The summed E-state index contributed by atoms with van der Waals surface area (Å²) >= 11 is 6.09. The summed E-state index contributed by atoms with van der Waals surface area (Å²) in [5.74, 6) is -0.325. The van der Waals surface area contributed by atoms with Gasteiger partial charge in [-0.25, -0.2) is 18.9 Å². The number of aromatic nitrogens is 4. The number of halogens is 1. The quantitative estimate of drug-likeness (QED) is 0.588. The monoisotopic (exact) mass is 381 g/mol. The van der Waals surface area contributed by atoms with Crippen LogP contribution in [-0.2, 0) is 17.9 Å². The Kier molecular flexibility index (Phi) is 4.37. The zero-order valence-electron chi connectivity index (χ0n) is 14.5. The van der Waals surface area contributed by atoms with E-state index in [-0.39, 0.29) is 19.0 Å². The molecular weight excluding hydrogens is 366 g/mol. The first kappa shape index (κ1) is 17.2. The molecule has 1 amide bonds. The number of nitrogens with zero attached hydrogens (tertiary/aromatic N) is 4. The number of carbonyl (C=O) groups excluding carboxylic acids is 1. The number of nitrogens with one attached hydrogen (secondary N) is 1. The summed E-state index contributed by atoms with van der Waals surface area (Å²) in [6.07, 6.45) is 1.44. The number of aryl methyl sites for hydroxylation is 1. The normalized spacial score (nSPS) is 11.2. The van der Waals surface area contributed by atoms with Crippen LogP contribution in [0, 0.1) is 6.92 Å². The Labute approximate surface area is 159 Å². The van der Waals surface area contributed by atoms with Gasteiger partial charge in [0.15, 0.2) is 5.65 Å². The largest absolute Gasteiger partial charge is 0.352 e. The number of rotatable bonds is 4. The highest BCUT2D eigenvalue weighted by Gasteiger charge is 2.14. The first-order chi connectivity index (χ1) is 13.0. The van der Waals surface area contributed by atoms with E-state index in [9.17, 15) is 9.59 Å². The molecule has 0 fully saturated rings. The lowest BCUT2D eigenvalue weighted by molar-refractivity contribution is -0.122. The van der Waals surface area contributed by atoms with Crippen molar-refractivity contribution in [2.45, 2.75) is 20.0 Å². The van der Waals surface area contributed by atoms with Crippen LogP contribution < -0.4 is 11.0 Å². The van der Waals surface area contributed by atoms with Crippen LogP contribution >= 0.6 is 11.6 Å². The van der Waals surface area contributed by atoms with Crippen molar-refractivity contribution in [1.82, 2.24) is 24.5 Å². The fraction of sp³-hybridized carbons (Fsp3) is 0.158. The van der Waals surface area contributed by atoms with Crippen LogP contribution in [0.4, 0.5) is 0 Å². The molecule has 7 nitrogen and oxygen atoms in total. The Morgan fingerprint density at radius 2 is 2.00 bits per heavy atom. The molecule has 136 valence electrons. The highest BCUT2D eigenvalue weighted by Crippen LogP contribution is 2.18. The molecular formula is C19H16ClN5O2. The molecule has 0 saturated heterocycles. The minimum atomic E-state index is -0.409. The van der Waals surface area contributed by atoms with Crippen molar-refractivity contribution in [3.05, 3.63) is 75.4 Å². The molecule has 0 bridgehead atoms. The molecule has 0 saturated carbocycles. The number of benzene rings is 2. The summed E-state index contributed by atoms with van der Waals surface area (Å²) < 4.78 is 2.49. The fourth-order valence-electron chi connectivity index (χ4n) is 2.96. The molecule has 2 aromatic heterocycles. The van der Waals surface area contributed by atoms with E-state index in [2.05, 4.69) is 15.4 Å². The van der Waals surface area contributed by atoms with Crippen LogP contribution in [0.5, 0.6) is 0 Å². The van der Waals surface area contributed by atoms with Crippen molar-refractivity contribution in [2.75, 3.05) is 0 Å². The van der Waals surface area contributed by atoms with E-state index in [1.54, 1.807) is 6.07 Å². The number of amides is 1. The molecule has 0 atom stereocenters. The molecule has 0 radical (unpaired) electrons. The lowest BCUT2D eigenvalue weighted by atomic mass is 10.1. The van der Waals surface area contributed by atoms with Gasteiger partial charge in [0.2, 0.25) is 5.91 Å². The Bertz CT molecular complexity index is 1230. The van der Waals surface area contributed by atoms with Gasteiger partial charge in [-0.1, -0.05) is 41.9 Å². The maximum atomic E-state index is 12.5. The molecule has 2 heterocycles. The Morgan fingerprint density at radius 3 is 2.81 bits per heavy atom. The minimum absolute atomic E-state index is 0.182. The van der Waals surface area contributed by atoms with Gasteiger partial charge in [0.25, 0.3) is 0 Å². The summed E-state index contributed by atoms with van der Waals surface area (Å²) in [6.45, 7) is 2.05. The number of para-hydroxylation sites is 1. The third-order valence-corrected chi connectivity index (χ3v) is 4.75. The standard InChI is InChI=1S/C19H16ClN5O2/c1-12-5-4-7-14-17(12)22-11-24-18(14)23-25(19(24)27)10-16(26)21-9-13-6-2-3-8-15(13)20/h2-8,11H,9-10H2,1H3,(H,21,26). The second-order valence-electron chi connectivity index (χ2n) is 6.22. The van der Waals surface area contributed by atoms with Crippen molar-refractivity contribution < 1.29 is 4.79 Å². The van der Waals surface area contributed by atoms with Gasteiger partial charge >= 0.3 is 5.69 Å². The van der Waals surface area contributed by atoms with Crippen molar-refractivity contribution in [3.8, 4) is 0 Å². The molecule has 0 aliphatic rings. The highest BCUT2D eigenvalue weighted by atomic mass is 35.5. The van der Waals surface area contributed by atoms with Gasteiger partial charge in [-0.2, -0.15) is 0 Å². The van der Waals surface area contributed by atoms with Crippen LogP contribution in [-0.4, -0.2) is 25.1 Å². The van der Waals surface area contributed by atoms with Crippen molar-refractivity contribution in [1.29, 1.82) is 0 Å². The number of hydrogen-bond donors (Lipinski definition) is 1. The molecule has 1 N–H and O–H groups in total. The van der Waals surface area contributed by atoms with E-state index in [0.717, 1.165) is 26.7 Å². The van der Waals surface area contributed by atoms with Crippen LogP contribution in [0.3, 0.4) is 0 Å². The zero-order chi connectivity index (χ0) is 19.0. The average Bonchev–Trinajstić information content (AvgIpc) is 2.98. The van der Waals surface area contributed by atoms with E-state index in [4.69, 9.17) is 11.6 Å². The highest BCUT2D eigenvalue weighted by molar-refractivity contribution is 6.31. The molecule has 0 spiro atoms. The summed E-state index contributed by atoms with van der Waals surface area (Å²) in [5.41, 5.74) is 2.65. The topological polar surface area (TPSA) is 81.3 Å². The third kappa shape index (κ3) is 3.17. The molecule has 4 aromatic rings. The van der Waals surface area contributed by atoms with Gasteiger partial charge < -0.3 is 5.32 Å². The first-order valence-corrected chi connectivity index (χ1v) is 8.76. The van der Waals surface area contributed by atoms with E-state index < -0.39 is 5.69 Å². The summed E-state index contributed by atoms with van der Waals surface area (Å²) in [6, 6.07) is 13.0. The SMILES string of the molecule is Cc1cccc2c1ncn1c(=O)n(CC(=O)NCc3ccccc3Cl)nc21. The summed E-state index contributed by atoms with van der Waals surface area (Å²) in [7, 11) is 0. The van der Waals surface area contributed by atoms with Crippen LogP contribution in [0.1, 0.15) is 11.1 Å². The molecule has 0 aliphatic heterocycles. The molecule has 0 aliphatic carbocycles. The van der Waals surface area contributed by atoms with Gasteiger partial charge in [-0.05, 0) is 30.2 Å². The van der Waals surface area contributed by atoms with Gasteiger partial charge in [-0.15, -0.1) is 5.10 Å². The average molecular weight is 382 g/mol. The lowest BCUT2D eigenvalue weighted by Gasteiger charge is -2.06. The summed E-state index contributed by atoms with van der Waals surface area (Å²) in [5, 5.41) is 8.44. The van der Waals surface area contributed by atoms with Crippen LogP contribution in [0.15, 0.2) is 53.6 Å². The Balaban J connectivity index is 1.60. The van der Waals surface area contributed by atoms with Crippen molar-refractivity contribution >= 4 is 34.1 Å². The molecule has 4 rings (SSSR count). The van der Waals surface area contributed by atoms with E-state index in [1.807, 2.05) is 43.3 Å². The van der Waals surface area contributed by atoms with E-state index in [1.165, 1.54) is 10.7 Å².